The summed E-state index contributed by atoms with van der Waals surface area (Å²) in [4.78, 5) is 23.7. The van der Waals surface area contributed by atoms with Crippen LogP contribution in [0.1, 0.15) is 18.4 Å². The maximum absolute atomic E-state index is 12.7. The van der Waals surface area contributed by atoms with Gasteiger partial charge >= 0.3 is 0 Å². The predicted molar refractivity (Wildman–Crippen MR) is 116 cm³/mol. The number of halogens is 1. The minimum absolute atomic E-state index is 0.0498. The van der Waals surface area contributed by atoms with Crippen LogP contribution in [-0.4, -0.2) is 29.0 Å². The van der Waals surface area contributed by atoms with Crippen LogP contribution in [0.15, 0.2) is 67.0 Å². The van der Waals surface area contributed by atoms with E-state index in [1.807, 2.05) is 60.7 Å². The van der Waals surface area contributed by atoms with E-state index in [1.165, 1.54) is 0 Å². The lowest BCUT2D eigenvalue weighted by atomic mass is 9.97. The quantitative estimate of drug-likeness (QED) is 0.685. The Kier molecular flexibility index (Phi) is 6.06. The van der Waals surface area contributed by atoms with Crippen molar-refractivity contribution in [3.63, 3.8) is 0 Å². The molecule has 1 saturated heterocycles. The van der Waals surface area contributed by atoms with Gasteiger partial charge in [0.1, 0.15) is 12.1 Å². The highest BCUT2D eigenvalue weighted by molar-refractivity contribution is 6.30. The number of benzene rings is 2. The molecule has 148 valence electrons. The number of carbonyl (C=O) groups excluding carboxylic acids is 1. The van der Waals surface area contributed by atoms with Gasteiger partial charge in [-0.15, -0.1) is 0 Å². The molecule has 5 nitrogen and oxygen atoms in total. The second-order valence-electron chi connectivity index (χ2n) is 7.26. The molecule has 0 aliphatic carbocycles. The second kappa shape index (κ2) is 9.05. The minimum atomic E-state index is -0.0498. The summed E-state index contributed by atoms with van der Waals surface area (Å²) in [6.45, 7) is 2.07. The molecule has 2 heterocycles. The van der Waals surface area contributed by atoms with Crippen molar-refractivity contribution < 1.29 is 4.79 Å². The molecule has 1 N–H and O–H groups in total. The van der Waals surface area contributed by atoms with E-state index in [-0.39, 0.29) is 11.8 Å². The Bertz CT molecular complexity index is 962. The lowest BCUT2D eigenvalue weighted by Gasteiger charge is -2.33. The van der Waals surface area contributed by atoms with Crippen LogP contribution >= 0.6 is 11.6 Å². The topological polar surface area (TPSA) is 58.1 Å². The first kappa shape index (κ1) is 19.4. The van der Waals surface area contributed by atoms with Gasteiger partial charge in [-0.1, -0.05) is 54.1 Å². The minimum Gasteiger partial charge on any atom is -0.356 e. The average molecular weight is 407 g/mol. The van der Waals surface area contributed by atoms with Gasteiger partial charge in [0.2, 0.25) is 5.91 Å². The zero-order chi connectivity index (χ0) is 20.1. The molecule has 1 amide bonds. The van der Waals surface area contributed by atoms with Gasteiger partial charge in [0.15, 0.2) is 0 Å². The highest BCUT2D eigenvalue weighted by atomic mass is 35.5. The largest absolute Gasteiger partial charge is 0.356 e. The molecule has 1 aliphatic rings. The summed E-state index contributed by atoms with van der Waals surface area (Å²) in [5, 5.41) is 3.75. The molecule has 0 spiro atoms. The van der Waals surface area contributed by atoms with Gasteiger partial charge in [0.25, 0.3) is 0 Å². The molecular formula is C23H23ClN4O. The van der Waals surface area contributed by atoms with Gasteiger partial charge in [-0.3, -0.25) is 4.79 Å². The molecule has 1 atom stereocenters. The summed E-state index contributed by atoms with van der Waals surface area (Å²) in [5.74, 6) is 0.905. The Morgan fingerprint density at radius 1 is 1.10 bits per heavy atom. The highest BCUT2D eigenvalue weighted by Gasteiger charge is 2.26. The summed E-state index contributed by atoms with van der Waals surface area (Å²) in [6.07, 6.45) is 3.45. The first-order chi connectivity index (χ1) is 14.2. The van der Waals surface area contributed by atoms with Crippen LogP contribution < -0.4 is 10.2 Å². The van der Waals surface area contributed by atoms with Gasteiger partial charge in [0, 0.05) is 36.3 Å². The fourth-order valence-electron chi connectivity index (χ4n) is 3.62. The van der Waals surface area contributed by atoms with E-state index < -0.39 is 0 Å². The summed E-state index contributed by atoms with van der Waals surface area (Å²) in [5.41, 5.74) is 2.99. The van der Waals surface area contributed by atoms with Gasteiger partial charge < -0.3 is 10.2 Å². The first-order valence-electron chi connectivity index (χ1n) is 9.83. The van der Waals surface area contributed by atoms with E-state index in [0.29, 0.717) is 18.1 Å². The molecular weight excluding hydrogens is 384 g/mol. The molecule has 29 heavy (non-hydrogen) atoms. The smallest absolute Gasteiger partial charge is 0.225 e. The van der Waals surface area contributed by atoms with Crippen LogP contribution in [0, 0.1) is 5.92 Å². The molecule has 0 saturated carbocycles. The average Bonchev–Trinajstić information content (AvgIpc) is 2.79. The number of anilines is 1. The van der Waals surface area contributed by atoms with Crippen LogP contribution in [0.2, 0.25) is 5.02 Å². The van der Waals surface area contributed by atoms with E-state index in [1.54, 1.807) is 6.33 Å². The molecule has 1 aliphatic heterocycles. The van der Waals surface area contributed by atoms with E-state index in [2.05, 4.69) is 20.2 Å². The van der Waals surface area contributed by atoms with Crippen molar-refractivity contribution in [1.29, 1.82) is 0 Å². The second-order valence-corrected chi connectivity index (χ2v) is 7.69. The summed E-state index contributed by atoms with van der Waals surface area (Å²) in [6, 6.07) is 19.6. The Hall–Kier alpha value is -2.92. The van der Waals surface area contributed by atoms with Gasteiger partial charge in [-0.2, -0.15) is 0 Å². The molecule has 1 fully saturated rings. The van der Waals surface area contributed by atoms with Crippen molar-refractivity contribution in [1.82, 2.24) is 15.3 Å². The molecule has 6 heteroatoms. The number of hydrogen-bond donors (Lipinski definition) is 1. The lowest BCUT2D eigenvalue weighted by molar-refractivity contribution is -0.125. The van der Waals surface area contributed by atoms with Crippen molar-refractivity contribution in [2.45, 2.75) is 19.4 Å². The monoisotopic (exact) mass is 406 g/mol. The van der Waals surface area contributed by atoms with E-state index in [9.17, 15) is 4.79 Å². The maximum Gasteiger partial charge on any atom is 0.225 e. The third kappa shape index (κ3) is 4.93. The fraction of sp³-hybridized carbons (Fsp3) is 0.261. The Labute approximate surface area is 175 Å². The van der Waals surface area contributed by atoms with E-state index >= 15 is 0 Å². The van der Waals surface area contributed by atoms with Crippen LogP contribution in [0.4, 0.5) is 5.82 Å². The van der Waals surface area contributed by atoms with Crippen LogP contribution in [0.25, 0.3) is 11.3 Å². The van der Waals surface area contributed by atoms with Gasteiger partial charge in [-0.05, 0) is 30.5 Å². The van der Waals surface area contributed by atoms with Crippen LogP contribution in [-0.2, 0) is 11.3 Å². The zero-order valence-corrected chi connectivity index (χ0v) is 16.8. The third-order valence-corrected chi connectivity index (χ3v) is 5.47. The number of rotatable bonds is 5. The third-order valence-electron chi connectivity index (χ3n) is 5.22. The summed E-state index contributed by atoms with van der Waals surface area (Å²) in [7, 11) is 0. The Morgan fingerprint density at radius 3 is 2.69 bits per heavy atom. The van der Waals surface area contributed by atoms with Crippen molar-refractivity contribution >= 4 is 23.3 Å². The molecule has 1 unspecified atom stereocenters. The number of nitrogens with one attached hydrogen (secondary N) is 1. The molecule has 0 radical (unpaired) electrons. The zero-order valence-electron chi connectivity index (χ0n) is 16.1. The number of nitrogens with zero attached hydrogens (tertiary/aromatic N) is 3. The number of amides is 1. The molecule has 0 bridgehead atoms. The molecule has 4 rings (SSSR count). The Balaban J connectivity index is 1.40. The maximum atomic E-state index is 12.7. The first-order valence-corrected chi connectivity index (χ1v) is 10.2. The Morgan fingerprint density at radius 2 is 1.90 bits per heavy atom. The normalized spacial score (nSPS) is 16.4. The van der Waals surface area contributed by atoms with E-state index in [4.69, 9.17) is 11.6 Å². The van der Waals surface area contributed by atoms with Crippen LogP contribution in [0.3, 0.4) is 0 Å². The lowest BCUT2D eigenvalue weighted by Crippen LogP contribution is -2.43. The van der Waals surface area contributed by atoms with Crippen molar-refractivity contribution in [3.8, 4) is 11.3 Å². The molecule has 1 aromatic heterocycles. The summed E-state index contributed by atoms with van der Waals surface area (Å²) >= 11 is 5.92. The predicted octanol–water partition coefficient (Wildman–Crippen LogP) is 4.33. The van der Waals surface area contributed by atoms with Crippen molar-refractivity contribution in [2.75, 3.05) is 18.0 Å². The van der Waals surface area contributed by atoms with Crippen molar-refractivity contribution in [2.24, 2.45) is 5.92 Å². The van der Waals surface area contributed by atoms with Gasteiger partial charge in [0.05, 0.1) is 11.6 Å². The highest BCUT2D eigenvalue weighted by Crippen LogP contribution is 2.25. The fourth-order valence-corrected chi connectivity index (χ4v) is 3.75. The number of hydrogen-bond acceptors (Lipinski definition) is 4. The number of piperidine rings is 1. The van der Waals surface area contributed by atoms with Crippen molar-refractivity contribution in [3.05, 3.63) is 77.6 Å². The summed E-state index contributed by atoms with van der Waals surface area (Å²) < 4.78 is 0. The number of carbonyl (C=O) groups is 1. The van der Waals surface area contributed by atoms with E-state index in [0.717, 1.165) is 42.0 Å². The van der Waals surface area contributed by atoms with Gasteiger partial charge in [-0.25, -0.2) is 9.97 Å². The standard InChI is InChI=1S/C23H23ClN4O/c24-20-10-8-17(9-11-20)14-25-23(29)19-7-4-12-28(15-19)22-13-21(26-16-27-22)18-5-2-1-3-6-18/h1-3,5-6,8-11,13,16,19H,4,7,12,14-15H2,(H,25,29). The number of aromatic nitrogens is 2. The van der Waals surface area contributed by atoms with Crippen LogP contribution in [0.5, 0.6) is 0 Å². The molecule has 2 aromatic carbocycles. The molecule has 3 aromatic rings. The SMILES string of the molecule is O=C(NCc1ccc(Cl)cc1)C1CCCN(c2cc(-c3ccccc3)ncn2)C1.